The Hall–Kier alpha value is -2.52. The minimum atomic E-state index is -4.13. The van der Waals surface area contributed by atoms with Gasteiger partial charge in [0.05, 0.1) is 16.4 Å². The fraction of sp³-hybridized carbons (Fsp3) is 0.182. The molecule has 0 saturated carbocycles. The van der Waals surface area contributed by atoms with Crippen LogP contribution in [0.1, 0.15) is 24.2 Å². The van der Waals surface area contributed by atoms with Crippen LogP contribution in [0.4, 0.5) is 0 Å². The van der Waals surface area contributed by atoms with Crippen molar-refractivity contribution in [3.05, 3.63) is 96.1 Å². The van der Waals surface area contributed by atoms with E-state index in [9.17, 15) is 16.8 Å². The normalized spacial score (nSPS) is 13.1. The highest BCUT2D eigenvalue weighted by Gasteiger charge is 2.26. The summed E-state index contributed by atoms with van der Waals surface area (Å²) in [7, 11) is -8.20. The average molecular weight is 447 g/mol. The van der Waals surface area contributed by atoms with Crippen LogP contribution in [0.3, 0.4) is 0 Å². The van der Waals surface area contributed by atoms with Crippen molar-refractivity contribution in [3.8, 4) is 0 Å². The molecule has 0 aliphatic carbocycles. The molecule has 0 N–H and O–H groups in total. The third kappa shape index (κ3) is 5.54. The fourth-order valence-corrected chi connectivity index (χ4v) is 4.75. The summed E-state index contributed by atoms with van der Waals surface area (Å²) < 4.78 is 60.9. The Morgan fingerprint density at radius 2 is 1.20 bits per heavy atom. The van der Waals surface area contributed by atoms with Crippen LogP contribution in [-0.4, -0.2) is 23.4 Å². The summed E-state index contributed by atoms with van der Waals surface area (Å²) in [6.45, 7) is 1.51. The van der Waals surface area contributed by atoms with Gasteiger partial charge in [0, 0.05) is 0 Å². The SMILES string of the molecule is CCc1ccc(C(COS(=O)(=O)c2ccccc2)OS(=O)(=O)c2ccccc2)cc1. The minimum absolute atomic E-state index is 0.0176. The summed E-state index contributed by atoms with van der Waals surface area (Å²) >= 11 is 0. The molecule has 0 aromatic heterocycles. The molecule has 0 radical (unpaired) electrons. The van der Waals surface area contributed by atoms with E-state index in [4.69, 9.17) is 8.37 Å². The largest absolute Gasteiger partial charge is 0.297 e. The van der Waals surface area contributed by atoms with Gasteiger partial charge in [0.25, 0.3) is 20.2 Å². The first kappa shape index (κ1) is 22.2. The van der Waals surface area contributed by atoms with Crippen LogP contribution in [0.5, 0.6) is 0 Å². The predicted octanol–water partition coefficient (Wildman–Crippen LogP) is 4.10. The number of aryl methyl sites for hydroxylation is 1. The molecule has 0 saturated heterocycles. The number of hydrogen-bond acceptors (Lipinski definition) is 6. The number of hydrogen-bond donors (Lipinski definition) is 0. The second-order valence-electron chi connectivity index (χ2n) is 6.50. The maximum absolute atomic E-state index is 12.7. The molecule has 3 aromatic carbocycles. The first-order valence-corrected chi connectivity index (χ1v) is 12.1. The maximum Gasteiger partial charge on any atom is 0.297 e. The quantitative estimate of drug-likeness (QED) is 0.460. The molecule has 8 heteroatoms. The Morgan fingerprint density at radius 1 is 0.700 bits per heavy atom. The predicted molar refractivity (Wildman–Crippen MR) is 113 cm³/mol. The zero-order chi connectivity index (χ0) is 21.6. The van der Waals surface area contributed by atoms with Crippen molar-refractivity contribution in [1.29, 1.82) is 0 Å². The van der Waals surface area contributed by atoms with E-state index >= 15 is 0 Å². The van der Waals surface area contributed by atoms with Gasteiger partial charge in [-0.1, -0.05) is 67.6 Å². The Kier molecular flexibility index (Phi) is 7.04. The molecular weight excluding hydrogens is 424 g/mol. The van der Waals surface area contributed by atoms with E-state index in [1.807, 2.05) is 19.1 Å². The molecule has 30 heavy (non-hydrogen) atoms. The summed E-state index contributed by atoms with van der Waals surface area (Å²) in [5, 5.41) is 0. The summed E-state index contributed by atoms with van der Waals surface area (Å²) in [5.74, 6) is 0. The summed E-state index contributed by atoms with van der Waals surface area (Å²) in [4.78, 5) is -0.0397. The lowest BCUT2D eigenvalue weighted by molar-refractivity contribution is 0.139. The van der Waals surface area contributed by atoms with Gasteiger partial charge in [-0.3, -0.25) is 8.37 Å². The van der Waals surface area contributed by atoms with E-state index in [-0.39, 0.29) is 9.79 Å². The molecule has 0 fully saturated rings. The molecule has 3 aromatic rings. The van der Waals surface area contributed by atoms with Crippen LogP contribution in [0.2, 0.25) is 0 Å². The highest BCUT2D eigenvalue weighted by Crippen LogP contribution is 2.26. The second-order valence-corrected chi connectivity index (χ2v) is 9.69. The van der Waals surface area contributed by atoms with Gasteiger partial charge >= 0.3 is 0 Å². The van der Waals surface area contributed by atoms with Crippen molar-refractivity contribution < 1.29 is 25.2 Å². The van der Waals surface area contributed by atoms with Gasteiger partial charge in [0.2, 0.25) is 0 Å². The van der Waals surface area contributed by atoms with Crippen molar-refractivity contribution in [1.82, 2.24) is 0 Å². The molecule has 1 atom stereocenters. The van der Waals surface area contributed by atoms with Gasteiger partial charge in [-0.2, -0.15) is 16.8 Å². The van der Waals surface area contributed by atoms with Crippen LogP contribution in [0, 0.1) is 0 Å². The van der Waals surface area contributed by atoms with Gasteiger partial charge in [0.1, 0.15) is 6.10 Å². The molecule has 1 unspecified atom stereocenters. The Bertz CT molecular complexity index is 1160. The zero-order valence-corrected chi connectivity index (χ0v) is 18.0. The molecular formula is C22H22O6S2. The fourth-order valence-electron chi connectivity index (χ4n) is 2.75. The van der Waals surface area contributed by atoms with Crippen LogP contribution in [-0.2, 0) is 35.0 Å². The highest BCUT2D eigenvalue weighted by molar-refractivity contribution is 7.87. The number of rotatable bonds is 9. The van der Waals surface area contributed by atoms with Gasteiger partial charge in [0.15, 0.2) is 0 Å². The third-order valence-electron chi connectivity index (χ3n) is 4.44. The van der Waals surface area contributed by atoms with Crippen LogP contribution >= 0.6 is 0 Å². The highest BCUT2D eigenvalue weighted by atomic mass is 32.2. The smallest absolute Gasteiger partial charge is 0.263 e. The summed E-state index contributed by atoms with van der Waals surface area (Å²) in [6.07, 6.45) is -0.327. The monoisotopic (exact) mass is 446 g/mol. The lowest BCUT2D eigenvalue weighted by Crippen LogP contribution is -2.19. The van der Waals surface area contributed by atoms with Gasteiger partial charge in [-0.05, 0) is 41.8 Å². The van der Waals surface area contributed by atoms with Gasteiger partial charge < -0.3 is 0 Å². The molecule has 0 spiro atoms. The lowest BCUT2D eigenvalue weighted by Gasteiger charge is -2.18. The first-order valence-electron chi connectivity index (χ1n) is 9.33. The van der Waals surface area contributed by atoms with E-state index < -0.39 is 32.9 Å². The number of benzene rings is 3. The van der Waals surface area contributed by atoms with Crippen molar-refractivity contribution in [2.24, 2.45) is 0 Å². The molecule has 0 bridgehead atoms. The Balaban J connectivity index is 1.87. The van der Waals surface area contributed by atoms with Crippen LogP contribution < -0.4 is 0 Å². The van der Waals surface area contributed by atoms with Gasteiger partial charge in [-0.15, -0.1) is 0 Å². The molecule has 158 valence electrons. The summed E-state index contributed by atoms with van der Waals surface area (Å²) in [6, 6.07) is 22.4. The zero-order valence-electron chi connectivity index (χ0n) is 16.3. The van der Waals surface area contributed by atoms with E-state index in [0.717, 1.165) is 12.0 Å². The summed E-state index contributed by atoms with van der Waals surface area (Å²) in [5.41, 5.74) is 1.55. The Labute approximate surface area is 177 Å². The van der Waals surface area contributed by atoms with Crippen LogP contribution in [0.15, 0.2) is 94.7 Å². The molecule has 3 rings (SSSR count). The van der Waals surface area contributed by atoms with Crippen molar-refractivity contribution in [2.75, 3.05) is 6.61 Å². The maximum atomic E-state index is 12.7. The third-order valence-corrected chi connectivity index (χ3v) is 7.07. The molecule has 0 heterocycles. The molecule has 0 aliphatic rings. The van der Waals surface area contributed by atoms with E-state index in [1.165, 1.54) is 24.3 Å². The standard InChI is InChI=1S/C22H22O6S2/c1-2-18-13-15-19(16-14-18)22(28-30(25,26)21-11-7-4-8-12-21)17-27-29(23,24)20-9-5-3-6-10-20/h3-16,22H,2,17H2,1H3. The van der Waals surface area contributed by atoms with Crippen molar-refractivity contribution >= 4 is 20.2 Å². The average Bonchev–Trinajstić information content (AvgIpc) is 2.78. The van der Waals surface area contributed by atoms with E-state index in [0.29, 0.717) is 5.56 Å². The van der Waals surface area contributed by atoms with E-state index in [2.05, 4.69) is 0 Å². The Morgan fingerprint density at radius 3 is 1.70 bits per heavy atom. The molecule has 6 nitrogen and oxygen atoms in total. The topological polar surface area (TPSA) is 86.7 Å². The lowest BCUT2D eigenvalue weighted by atomic mass is 10.1. The van der Waals surface area contributed by atoms with Crippen molar-refractivity contribution in [2.45, 2.75) is 29.2 Å². The van der Waals surface area contributed by atoms with Gasteiger partial charge in [-0.25, -0.2) is 0 Å². The minimum Gasteiger partial charge on any atom is -0.263 e. The van der Waals surface area contributed by atoms with Crippen molar-refractivity contribution in [3.63, 3.8) is 0 Å². The second kappa shape index (κ2) is 9.53. The first-order chi connectivity index (χ1) is 14.3. The van der Waals surface area contributed by atoms with Crippen LogP contribution in [0.25, 0.3) is 0 Å². The van der Waals surface area contributed by atoms with E-state index in [1.54, 1.807) is 48.5 Å². The molecule has 0 aliphatic heterocycles. The molecule has 0 amide bonds.